The van der Waals surface area contributed by atoms with Crippen molar-refractivity contribution in [1.29, 1.82) is 0 Å². The first-order valence-electron chi connectivity index (χ1n) is 4.67. The third kappa shape index (κ3) is 9.15. The predicted molar refractivity (Wildman–Crippen MR) is 51.0 cm³/mol. The molecule has 82 valence electrons. The summed E-state index contributed by atoms with van der Waals surface area (Å²) in [4.78, 5) is 20.8. The van der Waals surface area contributed by atoms with E-state index in [1.54, 1.807) is 0 Å². The lowest BCUT2D eigenvalue weighted by atomic mass is 10.5. The van der Waals surface area contributed by atoms with Gasteiger partial charge in [-0.25, -0.2) is 0 Å². The average molecular weight is 203 g/mol. The zero-order valence-electron chi connectivity index (χ0n) is 8.45. The zero-order valence-corrected chi connectivity index (χ0v) is 8.45. The second kappa shape index (κ2) is 10.1. The number of carbonyl (C=O) groups is 2. The largest absolute Gasteiger partial charge is 0.380 e. The molecule has 0 spiro atoms. The number of hydrogen-bond acceptors (Lipinski definition) is 4. The Balaban J connectivity index is 3.14. The lowest BCUT2D eigenvalue weighted by Gasteiger charge is -2.05. The van der Waals surface area contributed by atoms with Crippen LogP contribution in [0.4, 0.5) is 0 Å². The number of nitrogens with one attached hydrogen (secondary N) is 1. The second-order valence-electron chi connectivity index (χ2n) is 2.64. The van der Waals surface area contributed by atoms with E-state index in [1.807, 2.05) is 6.92 Å². The van der Waals surface area contributed by atoms with E-state index < -0.39 is 0 Å². The van der Waals surface area contributed by atoms with E-state index in [2.05, 4.69) is 5.32 Å². The molecule has 0 aliphatic heterocycles. The van der Waals surface area contributed by atoms with Crippen molar-refractivity contribution in [2.24, 2.45) is 0 Å². The summed E-state index contributed by atoms with van der Waals surface area (Å²) in [5, 5.41) is 2.60. The van der Waals surface area contributed by atoms with E-state index in [1.165, 1.54) is 0 Å². The van der Waals surface area contributed by atoms with E-state index in [-0.39, 0.29) is 19.1 Å². The van der Waals surface area contributed by atoms with Crippen molar-refractivity contribution in [1.82, 2.24) is 5.32 Å². The molecule has 0 atom stereocenters. The summed E-state index contributed by atoms with van der Waals surface area (Å²) in [5.74, 6) is -0.230. The van der Waals surface area contributed by atoms with E-state index in [9.17, 15) is 9.59 Å². The number of ether oxygens (including phenoxy) is 2. The summed E-state index contributed by atoms with van der Waals surface area (Å²) < 4.78 is 9.85. The first-order valence-corrected chi connectivity index (χ1v) is 4.67. The summed E-state index contributed by atoms with van der Waals surface area (Å²) in [5.41, 5.74) is 0. The number of amides is 1. The summed E-state index contributed by atoms with van der Waals surface area (Å²) in [6, 6.07) is 0. The van der Waals surface area contributed by atoms with E-state index in [0.29, 0.717) is 26.0 Å². The Morgan fingerprint density at radius 3 is 2.79 bits per heavy atom. The van der Waals surface area contributed by atoms with Crippen molar-refractivity contribution in [2.45, 2.75) is 13.3 Å². The maximum Gasteiger partial charge on any atom is 0.246 e. The molecular formula is C9H17NO4. The normalized spacial score (nSPS) is 9.79. The quantitative estimate of drug-likeness (QED) is 0.414. The molecule has 0 heterocycles. The Labute approximate surface area is 83.8 Å². The van der Waals surface area contributed by atoms with E-state index in [4.69, 9.17) is 9.47 Å². The minimum absolute atomic E-state index is 0.0419. The average Bonchev–Trinajstić information content (AvgIpc) is 2.18. The van der Waals surface area contributed by atoms with Gasteiger partial charge in [-0.1, -0.05) is 6.92 Å². The molecule has 0 rings (SSSR count). The van der Waals surface area contributed by atoms with Gasteiger partial charge in [-0.3, -0.25) is 4.79 Å². The molecular weight excluding hydrogens is 186 g/mol. The van der Waals surface area contributed by atoms with Crippen molar-refractivity contribution in [2.75, 3.05) is 33.0 Å². The summed E-state index contributed by atoms with van der Waals surface area (Å²) in [7, 11) is 0. The van der Waals surface area contributed by atoms with Crippen LogP contribution in [-0.2, 0) is 19.1 Å². The third-order valence-corrected chi connectivity index (χ3v) is 1.34. The molecule has 0 bridgehead atoms. The molecule has 0 aromatic carbocycles. The van der Waals surface area contributed by atoms with Crippen molar-refractivity contribution in [3.63, 3.8) is 0 Å². The fourth-order valence-corrected chi connectivity index (χ4v) is 0.760. The molecule has 5 heteroatoms. The van der Waals surface area contributed by atoms with Crippen LogP contribution in [-0.4, -0.2) is 45.2 Å². The molecule has 0 fully saturated rings. The third-order valence-electron chi connectivity index (χ3n) is 1.34. The smallest absolute Gasteiger partial charge is 0.246 e. The number of aldehydes is 1. The number of rotatable bonds is 9. The van der Waals surface area contributed by atoms with Gasteiger partial charge in [0.2, 0.25) is 5.91 Å². The molecule has 0 aliphatic rings. The molecule has 0 radical (unpaired) electrons. The van der Waals surface area contributed by atoms with Crippen molar-refractivity contribution < 1.29 is 19.1 Å². The van der Waals surface area contributed by atoms with Crippen LogP contribution in [0.2, 0.25) is 0 Å². The molecule has 0 saturated carbocycles. The topological polar surface area (TPSA) is 64.6 Å². The Kier molecular flexibility index (Phi) is 9.46. The van der Waals surface area contributed by atoms with Gasteiger partial charge in [-0.05, 0) is 6.42 Å². The van der Waals surface area contributed by atoms with Gasteiger partial charge in [0.1, 0.15) is 19.5 Å². The van der Waals surface area contributed by atoms with Crippen molar-refractivity contribution in [3.8, 4) is 0 Å². The first kappa shape index (κ1) is 13.1. The molecule has 0 saturated heterocycles. The minimum atomic E-state index is -0.230. The Bertz CT molecular complexity index is 161. The maximum absolute atomic E-state index is 10.9. The van der Waals surface area contributed by atoms with Crippen molar-refractivity contribution >= 4 is 12.2 Å². The van der Waals surface area contributed by atoms with Crippen LogP contribution in [0.15, 0.2) is 0 Å². The zero-order chi connectivity index (χ0) is 10.6. The minimum Gasteiger partial charge on any atom is -0.380 e. The monoisotopic (exact) mass is 203 g/mol. The highest BCUT2D eigenvalue weighted by molar-refractivity contribution is 5.77. The molecule has 5 nitrogen and oxygen atoms in total. The van der Waals surface area contributed by atoms with Crippen LogP contribution in [0.5, 0.6) is 0 Å². The summed E-state index contributed by atoms with van der Waals surface area (Å²) in [6.07, 6.45) is 1.58. The van der Waals surface area contributed by atoms with Crippen LogP contribution in [0, 0.1) is 0 Å². The fraction of sp³-hybridized carbons (Fsp3) is 0.778. The maximum atomic E-state index is 10.9. The van der Waals surface area contributed by atoms with Gasteiger partial charge in [-0.15, -0.1) is 0 Å². The molecule has 0 aliphatic carbocycles. The van der Waals surface area contributed by atoms with E-state index >= 15 is 0 Å². The van der Waals surface area contributed by atoms with Gasteiger partial charge in [-0.2, -0.15) is 0 Å². The highest BCUT2D eigenvalue weighted by atomic mass is 16.5. The Morgan fingerprint density at radius 2 is 2.14 bits per heavy atom. The standard InChI is InChI=1S/C9H17NO4/c1-2-5-13-6-3-10-9(12)8-14-7-4-11/h4H,2-3,5-8H2,1H3,(H,10,12). The number of hydrogen-bond donors (Lipinski definition) is 1. The highest BCUT2D eigenvalue weighted by Gasteiger charge is 1.99. The van der Waals surface area contributed by atoms with Crippen LogP contribution < -0.4 is 5.32 Å². The molecule has 0 aromatic heterocycles. The summed E-state index contributed by atoms with van der Waals surface area (Å²) >= 11 is 0. The van der Waals surface area contributed by atoms with Gasteiger partial charge in [0, 0.05) is 13.2 Å². The first-order chi connectivity index (χ1) is 6.81. The van der Waals surface area contributed by atoms with Gasteiger partial charge < -0.3 is 19.6 Å². The van der Waals surface area contributed by atoms with Gasteiger partial charge >= 0.3 is 0 Å². The fourth-order valence-electron chi connectivity index (χ4n) is 0.760. The van der Waals surface area contributed by atoms with E-state index in [0.717, 1.165) is 6.42 Å². The SMILES string of the molecule is CCCOCCNC(=O)COCC=O. The van der Waals surface area contributed by atoms with Crippen LogP contribution in [0.3, 0.4) is 0 Å². The second-order valence-corrected chi connectivity index (χ2v) is 2.64. The van der Waals surface area contributed by atoms with Crippen molar-refractivity contribution in [3.05, 3.63) is 0 Å². The molecule has 1 N–H and O–H groups in total. The predicted octanol–water partition coefficient (Wildman–Crippen LogP) is -0.255. The molecule has 0 unspecified atom stereocenters. The Hall–Kier alpha value is -0.940. The lowest BCUT2D eigenvalue weighted by molar-refractivity contribution is -0.127. The molecule has 14 heavy (non-hydrogen) atoms. The Morgan fingerprint density at radius 1 is 1.36 bits per heavy atom. The lowest BCUT2D eigenvalue weighted by Crippen LogP contribution is -2.30. The van der Waals surface area contributed by atoms with Gasteiger partial charge in [0.25, 0.3) is 0 Å². The molecule has 0 aromatic rings. The van der Waals surface area contributed by atoms with Crippen LogP contribution >= 0.6 is 0 Å². The van der Waals surface area contributed by atoms with Crippen LogP contribution in [0.1, 0.15) is 13.3 Å². The number of carbonyl (C=O) groups excluding carboxylic acids is 2. The molecule has 1 amide bonds. The summed E-state index contributed by atoms with van der Waals surface area (Å²) in [6.45, 7) is 3.59. The van der Waals surface area contributed by atoms with Gasteiger partial charge in [0.05, 0.1) is 6.61 Å². The van der Waals surface area contributed by atoms with Gasteiger partial charge in [0.15, 0.2) is 0 Å². The highest BCUT2D eigenvalue weighted by Crippen LogP contribution is 1.79. The van der Waals surface area contributed by atoms with Crippen LogP contribution in [0.25, 0.3) is 0 Å².